The molecule has 1 radical (unpaired) electrons. The maximum atomic E-state index is 11.7. The van der Waals surface area contributed by atoms with Gasteiger partial charge in [-0.05, 0) is 70.9 Å². The minimum atomic E-state index is -0.105. The number of thiophene rings is 1. The number of rotatable bonds is 8. The van der Waals surface area contributed by atoms with Gasteiger partial charge in [0.2, 0.25) is 0 Å². The fourth-order valence-corrected chi connectivity index (χ4v) is 8.62. The SMILES string of the molecule is CC(C)(C)c1cc(-c2[c-]ccc3c2C(C)(C)c2c-3sc3ccccc23)nc2ccccc12.CCC(CC)C(=O)/C=C(\O)C(CC)CC.[Ir]. The van der Waals surface area contributed by atoms with Crippen LogP contribution in [0.2, 0.25) is 0 Å². The van der Waals surface area contributed by atoms with E-state index in [-0.39, 0.29) is 54.3 Å². The number of nitrogens with zero attached hydrogens (tertiary/aromatic N) is 1. The normalized spacial score (nSPS) is 13.7. The molecule has 255 valence electrons. The number of para-hydroxylation sites is 1. The van der Waals surface area contributed by atoms with E-state index >= 15 is 0 Å². The number of hydrogen-bond donors (Lipinski definition) is 1. The summed E-state index contributed by atoms with van der Waals surface area (Å²) in [6.45, 7) is 19.6. The Morgan fingerprint density at radius 3 is 2.12 bits per heavy atom. The smallest absolute Gasteiger partial charge is 0.162 e. The van der Waals surface area contributed by atoms with E-state index in [1.165, 1.54) is 48.7 Å². The van der Waals surface area contributed by atoms with Gasteiger partial charge < -0.3 is 5.11 Å². The number of pyridine rings is 1. The zero-order valence-electron chi connectivity index (χ0n) is 30.0. The molecular formula is C43H50IrNO2S-. The molecule has 2 heterocycles. The first-order valence-electron chi connectivity index (χ1n) is 17.3. The Balaban J connectivity index is 0.000000279. The average molecular weight is 837 g/mol. The Morgan fingerprint density at radius 1 is 0.896 bits per heavy atom. The monoisotopic (exact) mass is 837 g/mol. The van der Waals surface area contributed by atoms with Gasteiger partial charge in [-0.1, -0.05) is 110 Å². The topological polar surface area (TPSA) is 50.2 Å². The van der Waals surface area contributed by atoms with Gasteiger partial charge >= 0.3 is 0 Å². The molecule has 0 atom stereocenters. The van der Waals surface area contributed by atoms with Gasteiger partial charge in [0.1, 0.15) is 0 Å². The molecule has 0 bridgehead atoms. The molecule has 5 aromatic rings. The molecule has 3 nitrogen and oxygen atoms in total. The second-order valence-electron chi connectivity index (χ2n) is 14.4. The van der Waals surface area contributed by atoms with Crippen molar-refractivity contribution < 1.29 is 30.0 Å². The molecule has 1 aliphatic rings. The summed E-state index contributed by atoms with van der Waals surface area (Å²) in [7, 11) is 0. The largest absolute Gasteiger partial charge is 0.512 e. The van der Waals surface area contributed by atoms with Crippen molar-refractivity contribution in [1.29, 1.82) is 0 Å². The summed E-state index contributed by atoms with van der Waals surface area (Å²) in [5, 5.41) is 12.4. The minimum absolute atomic E-state index is 0. The first kappa shape index (κ1) is 37.7. The van der Waals surface area contributed by atoms with Crippen LogP contribution < -0.4 is 0 Å². The molecule has 0 saturated heterocycles. The van der Waals surface area contributed by atoms with E-state index in [2.05, 4.69) is 107 Å². The number of ketones is 1. The summed E-state index contributed by atoms with van der Waals surface area (Å²) in [4.78, 5) is 18.3. The van der Waals surface area contributed by atoms with Gasteiger partial charge in [-0.25, -0.2) is 0 Å². The van der Waals surface area contributed by atoms with Crippen LogP contribution >= 0.6 is 11.3 Å². The Kier molecular flexibility index (Phi) is 11.9. The van der Waals surface area contributed by atoms with Crippen molar-refractivity contribution in [1.82, 2.24) is 4.98 Å². The first-order valence-corrected chi connectivity index (χ1v) is 18.1. The van der Waals surface area contributed by atoms with Crippen LogP contribution in [-0.4, -0.2) is 15.9 Å². The summed E-state index contributed by atoms with van der Waals surface area (Å²) in [6, 6.07) is 27.5. The third-order valence-electron chi connectivity index (χ3n) is 9.95. The summed E-state index contributed by atoms with van der Waals surface area (Å²) in [6.07, 6.45) is 4.91. The minimum Gasteiger partial charge on any atom is -0.512 e. The molecule has 0 fully saturated rings. The molecule has 3 aromatic carbocycles. The van der Waals surface area contributed by atoms with Crippen molar-refractivity contribution in [3.8, 4) is 21.7 Å². The Bertz CT molecular complexity index is 1940. The Morgan fingerprint density at radius 2 is 1.50 bits per heavy atom. The van der Waals surface area contributed by atoms with Crippen LogP contribution in [0.1, 0.15) is 105 Å². The predicted molar refractivity (Wildman–Crippen MR) is 202 cm³/mol. The number of benzene rings is 3. The van der Waals surface area contributed by atoms with E-state index in [9.17, 15) is 9.90 Å². The summed E-state index contributed by atoms with van der Waals surface area (Å²) in [5.41, 5.74) is 8.62. The van der Waals surface area contributed by atoms with E-state index in [0.717, 1.165) is 42.5 Å². The maximum Gasteiger partial charge on any atom is 0.162 e. The van der Waals surface area contributed by atoms with E-state index < -0.39 is 0 Å². The van der Waals surface area contributed by atoms with Crippen molar-refractivity contribution in [2.45, 2.75) is 98.8 Å². The third kappa shape index (κ3) is 7.11. The molecule has 2 aromatic heterocycles. The van der Waals surface area contributed by atoms with Crippen LogP contribution in [0.25, 0.3) is 42.7 Å². The Hall–Kier alpha value is -3.11. The standard InChI is InChI=1S/C30H26NS.C13H24O2.Ir/c1-29(2,3)22-17-24(31-23-15-8-6-11-18(22)23)19-13-10-14-21-26(19)30(4,5)27-20-12-7-9-16-25(20)32-28(21)27;1-5-10(6-2)12(14)9-13(15)11(7-3)8-4;/h6-12,14-17H,1-5H3;9-11,14H,5-8H2,1-4H3;/q-1;;/b;12-9-;. The summed E-state index contributed by atoms with van der Waals surface area (Å²) < 4.78 is 1.37. The van der Waals surface area contributed by atoms with Crippen LogP contribution in [0.5, 0.6) is 0 Å². The van der Waals surface area contributed by atoms with Crippen molar-refractivity contribution in [3.63, 3.8) is 0 Å². The second kappa shape index (κ2) is 15.2. The number of allylic oxidation sites excluding steroid dienone is 2. The number of carbonyl (C=O) groups excluding carboxylic acids is 1. The molecular weight excluding hydrogens is 787 g/mol. The zero-order chi connectivity index (χ0) is 34.1. The number of fused-ring (bicyclic) bond motifs is 6. The number of hydrogen-bond acceptors (Lipinski definition) is 4. The van der Waals surface area contributed by atoms with Gasteiger partial charge in [0.05, 0.1) is 11.3 Å². The maximum absolute atomic E-state index is 11.7. The Labute approximate surface area is 305 Å². The van der Waals surface area contributed by atoms with Gasteiger partial charge in [-0.3, -0.25) is 9.78 Å². The molecule has 6 rings (SSSR count). The van der Waals surface area contributed by atoms with Crippen LogP contribution in [0.15, 0.2) is 78.6 Å². The first-order chi connectivity index (χ1) is 22.4. The molecule has 0 saturated carbocycles. The van der Waals surface area contributed by atoms with Gasteiger partial charge in [0.15, 0.2) is 5.78 Å². The van der Waals surface area contributed by atoms with Crippen LogP contribution in [0.3, 0.4) is 0 Å². The van der Waals surface area contributed by atoms with Crippen molar-refractivity contribution >= 4 is 38.1 Å². The predicted octanol–water partition coefficient (Wildman–Crippen LogP) is 12.4. The molecule has 0 unspecified atom stereocenters. The molecule has 1 aliphatic carbocycles. The second-order valence-corrected chi connectivity index (χ2v) is 15.4. The molecule has 1 N–H and O–H groups in total. The van der Waals surface area contributed by atoms with Crippen LogP contribution in [0.4, 0.5) is 0 Å². The van der Waals surface area contributed by atoms with Crippen LogP contribution in [-0.2, 0) is 35.7 Å². The summed E-state index contributed by atoms with van der Waals surface area (Å²) >= 11 is 1.91. The van der Waals surface area contributed by atoms with Gasteiger partial charge in [0.25, 0.3) is 0 Å². The van der Waals surface area contributed by atoms with Crippen molar-refractivity contribution in [2.75, 3.05) is 0 Å². The van der Waals surface area contributed by atoms with E-state index in [4.69, 9.17) is 4.98 Å². The number of aliphatic hydroxyl groups is 1. The van der Waals surface area contributed by atoms with E-state index in [0.29, 0.717) is 0 Å². The van der Waals surface area contributed by atoms with Crippen LogP contribution in [0, 0.1) is 17.9 Å². The van der Waals surface area contributed by atoms with E-state index in [1.807, 2.05) is 39.0 Å². The van der Waals surface area contributed by atoms with E-state index in [1.54, 1.807) is 0 Å². The molecule has 48 heavy (non-hydrogen) atoms. The quantitative estimate of drug-likeness (QED) is 0.0962. The molecule has 0 amide bonds. The fraction of sp³-hybridized carbons (Fsp3) is 0.395. The van der Waals surface area contributed by atoms with Gasteiger partial charge in [-0.2, -0.15) is 0 Å². The van der Waals surface area contributed by atoms with Gasteiger partial charge in [0, 0.05) is 53.0 Å². The average Bonchev–Trinajstić information content (AvgIpc) is 3.55. The summed E-state index contributed by atoms with van der Waals surface area (Å²) in [5.74, 6) is 0.547. The fourth-order valence-electron chi connectivity index (χ4n) is 7.22. The zero-order valence-corrected chi connectivity index (χ0v) is 33.2. The third-order valence-corrected chi connectivity index (χ3v) is 11.2. The van der Waals surface area contributed by atoms with Crippen molar-refractivity contribution in [2.24, 2.45) is 11.8 Å². The van der Waals surface area contributed by atoms with Gasteiger partial charge in [-0.15, -0.1) is 40.7 Å². The molecule has 0 spiro atoms. The molecule has 0 aliphatic heterocycles. The number of aromatic nitrogens is 1. The van der Waals surface area contributed by atoms with Crippen molar-refractivity contribution in [3.05, 3.63) is 101 Å². The molecule has 5 heteroatoms. The number of carbonyl (C=O) groups is 1. The number of aliphatic hydroxyl groups excluding tert-OH is 1.